The van der Waals surface area contributed by atoms with Crippen LogP contribution >= 0.6 is 0 Å². The molecule has 1 aromatic rings. The number of hydrogen-bond donors (Lipinski definition) is 1. The van der Waals surface area contributed by atoms with Gasteiger partial charge in [-0.05, 0) is 24.6 Å². The molecule has 0 radical (unpaired) electrons. The Hall–Kier alpha value is -1.26. The van der Waals surface area contributed by atoms with E-state index in [4.69, 9.17) is 14.2 Å². The summed E-state index contributed by atoms with van der Waals surface area (Å²) in [5.41, 5.74) is 1.28. The third kappa shape index (κ3) is 2.76. The highest BCUT2D eigenvalue weighted by atomic mass is 16.5. The van der Waals surface area contributed by atoms with Crippen LogP contribution in [0.2, 0.25) is 0 Å². The van der Waals surface area contributed by atoms with Gasteiger partial charge >= 0.3 is 0 Å². The van der Waals surface area contributed by atoms with Gasteiger partial charge in [0.25, 0.3) is 0 Å². The molecule has 0 aliphatic heterocycles. The SMILES string of the molecule is COc1ccc(OC)c(CNC2CC(OC)C2(C)C)c1. The highest BCUT2D eigenvalue weighted by Gasteiger charge is 2.48. The van der Waals surface area contributed by atoms with Crippen LogP contribution in [0.4, 0.5) is 0 Å². The normalized spacial score (nSPS) is 24.1. The summed E-state index contributed by atoms with van der Waals surface area (Å²) in [7, 11) is 5.16. The maximum atomic E-state index is 5.48. The molecular formula is C16H25NO3. The Morgan fingerprint density at radius 1 is 1.20 bits per heavy atom. The van der Waals surface area contributed by atoms with Crippen molar-refractivity contribution in [3.05, 3.63) is 23.8 Å². The third-order valence-electron chi connectivity index (χ3n) is 4.49. The van der Waals surface area contributed by atoms with Crippen molar-refractivity contribution in [1.82, 2.24) is 5.32 Å². The average molecular weight is 279 g/mol. The fourth-order valence-electron chi connectivity index (χ4n) is 2.89. The second kappa shape index (κ2) is 6.02. The van der Waals surface area contributed by atoms with Crippen LogP contribution in [-0.4, -0.2) is 33.5 Å². The molecule has 1 aromatic carbocycles. The monoisotopic (exact) mass is 279 g/mol. The first kappa shape index (κ1) is 15.1. The molecule has 1 saturated carbocycles. The Kier molecular flexibility index (Phi) is 4.55. The molecule has 0 spiro atoms. The molecule has 0 amide bonds. The van der Waals surface area contributed by atoms with E-state index in [0.717, 1.165) is 30.0 Å². The van der Waals surface area contributed by atoms with Crippen molar-refractivity contribution < 1.29 is 14.2 Å². The van der Waals surface area contributed by atoms with Crippen molar-refractivity contribution in [1.29, 1.82) is 0 Å². The van der Waals surface area contributed by atoms with E-state index < -0.39 is 0 Å². The van der Waals surface area contributed by atoms with Crippen LogP contribution < -0.4 is 14.8 Å². The van der Waals surface area contributed by atoms with Gasteiger partial charge < -0.3 is 19.5 Å². The van der Waals surface area contributed by atoms with Gasteiger partial charge in [-0.15, -0.1) is 0 Å². The zero-order chi connectivity index (χ0) is 14.8. The Balaban J connectivity index is 2.01. The third-order valence-corrected chi connectivity index (χ3v) is 4.49. The molecule has 0 heterocycles. The highest BCUT2D eigenvalue weighted by molar-refractivity contribution is 5.40. The lowest BCUT2D eigenvalue weighted by Crippen LogP contribution is -2.60. The predicted octanol–water partition coefficient (Wildman–Crippen LogP) is 2.61. The van der Waals surface area contributed by atoms with Crippen molar-refractivity contribution in [3.63, 3.8) is 0 Å². The van der Waals surface area contributed by atoms with Crippen molar-refractivity contribution in [2.24, 2.45) is 5.41 Å². The number of hydrogen-bond acceptors (Lipinski definition) is 4. The van der Waals surface area contributed by atoms with Gasteiger partial charge in [-0.1, -0.05) is 13.8 Å². The Morgan fingerprint density at radius 2 is 1.95 bits per heavy atom. The molecule has 20 heavy (non-hydrogen) atoms. The van der Waals surface area contributed by atoms with Gasteiger partial charge in [0.1, 0.15) is 11.5 Å². The van der Waals surface area contributed by atoms with E-state index in [-0.39, 0.29) is 5.41 Å². The molecule has 112 valence electrons. The maximum absolute atomic E-state index is 5.48. The van der Waals surface area contributed by atoms with E-state index in [2.05, 4.69) is 19.2 Å². The molecule has 1 aliphatic carbocycles. The van der Waals surface area contributed by atoms with Gasteiger partial charge in [-0.25, -0.2) is 0 Å². The molecule has 2 rings (SSSR count). The topological polar surface area (TPSA) is 39.7 Å². The van der Waals surface area contributed by atoms with E-state index in [1.807, 2.05) is 18.2 Å². The van der Waals surface area contributed by atoms with Gasteiger partial charge in [0.15, 0.2) is 0 Å². The highest BCUT2D eigenvalue weighted by Crippen LogP contribution is 2.42. The summed E-state index contributed by atoms with van der Waals surface area (Å²) in [6.07, 6.45) is 1.39. The van der Waals surface area contributed by atoms with Crippen LogP contribution in [0.1, 0.15) is 25.8 Å². The molecule has 1 fully saturated rings. The van der Waals surface area contributed by atoms with Crippen LogP contribution in [0.15, 0.2) is 18.2 Å². The number of methoxy groups -OCH3 is 3. The largest absolute Gasteiger partial charge is 0.497 e. The quantitative estimate of drug-likeness (QED) is 0.869. The smallest absolute Gasteiger partial charge is 0.123 e. The van der Waals surface area contributed by atoms with Crippen molar-refractivity contribution in [2.75, 3.05) is 21.3 Å². The fourth-order valence-corrected chi connectivity index (χ4v) is 2.89. The molecule has 2 unspecified atom stereocenters. The van der Waals surface area contributed by atoms with Crippen molar-refractivity contribution in [3.8, 4) is 11.5 Å². The summed E-state index contributed by atoms with van der Waals surface area (Å²) in [5.74, 6) is 1.74. The Morgan fingerprint density at radius 3 is 2.50 bits per heavy atom. The second-order valence-corrected chi connectivity index (χ2v) is 5.89. The summed E-state index contributed by atoms with van der Waals surface area (Å²) in [6.45, 7) is 5.25. The van der Waals surface area contributed by atoms with E-state index in [1.54, 1.807) is 21.3 Å². The Bertz CT molecular complexity index is 459. The average Bonchev–Trinajstić information content (AvgIpc) is 2.46. The van der Waals surface area contributed by atoms with Gasteiger partial charge in [0.2, 0.25) is 0 Å². The molecule has 4 heteroatoms. The lowest BCUT2D eigenvalue weighted by atomic mass is 9.64. The summed E-state index contributed by atoms with van der Waals surface area (Å²) in [5, 5.41) is 3.60. The minimum atomic E-state index is 0.168. The molecule has 4 nitrogen and oxygen atoms in total. The lowest BCUT2D eigenvalue weighted by molar-refractivity contribution is -0.0979. The van der Waals surface area contributed by atoms with Crippen LogP contribution in [0.3, 0.4) is 0 Å². The summed E-state index contributed by atoms with van der Waals surface area (Å²) in [6, 6.07) is 6.34. The molecule has 0 saturated heterocycles. The van der Waals surface area contributed by atoms with Gasteiger partial charge in [-0.3, -0.25) is 0 Å². The van der Waals surface area contributed by atoms with Gasteiger partial charge in [0.05, 0.1) is 20.3 Å². The van der Waals surface area contributed by atoms with Crippen molar-refractivity contribution in [2.45, 2.75) is 39.0 Å². The van der Waals surface area contributed by atoms with E-state index in [1.165, 1.54) is 0 Å². The van der Waals surface area contributed by atoms with E-state index in [0.29, 0.717) is 12.1 Å². The molecule has 0 bridgehead atoms. The van der Waals surface area contributed by atoms with E-state index >= 15 is 0 Å². The molecule has 1 aliphatic rings. The number of ether oxygens (including phenoxy) is 3. The number of benzene rings is 1. The van der Waals surface area contributed by atoms with Crippen molar-refractivity contribution >= 4 is 0 Å². The van der Waals surface area contributed by atoms with Crippen LogP contribution in [0, 0.1) is 5.41 Å². The molecular weight excluding hydrogens is 254 g/mol. The van der Waals surface area contributed by atoms with Gasteiger partial charge in [0, 0.05) is 30.7 Å². The predicted molar refractivity (Wildman–Crippen MR) is 79.4 cm³/mol. The summed E-state index contributed by atoms with van der Waals surface area (Å²) < 4.78 is 16.2. The molecule has 2 atom stereocenters. The Labute approximate surface area is 121 Å². The maximum Gasteiger partial charge on any atom is 0.123 e. The lowest BCUT2D eigenvalue weighted by Gasteiger charge is -2.51. The van der Waals surface area contributed by atoms with Crippen LogP contribution in [0.5, 0.6) is 11.5 Å². The fraction of sp³-hybridized carbons (Fsp3) is 0.625. The standard InChI is InChI=1S/C16H25NO3/c1-16(2)14(9-15(16)20-5)17-10-11-8-12(18-3)6-7-13(11)19-4/h6-8,14-15,17H,9-10H2,1-5H3. The number of rotatable bonds is 6. The van der Waals surface area contributed by atoms with Crippen LogP contribution in [0.25, 0.3) is 0 Å². The van der Waals surface area contributed by atoms with Crippen LogP contribution in [-0.2, 0) is 11.3 Å². The summed E-state index contributed by atoms with van der Waals surface area (Å²) >= 11 is 0. The second-order valence-electron chi connectivity index (χ2n) is 5.89. The first-order valence-electron chi connectivity index (χ1n) is 7.00. The van der Waals surface area contributed by atoms with E-state index in [9.17, 15) is 0 Å². The number of nitrogens with one attached hydrogen (secondary N) is 1. The first-order chi connectivity index (χ1) is 9.52. The molecule has 1 N–H and O–H groups in total. The van der Waals surface area contributed by atoms with Gasteiger partial charge in [-0.2, -0.15) is 0 Å². The summed E-state index contributed by atoms with van der Waals surface area (Å²) in [4.78, 5) is 0. The minimum Gasteiger partial charge on any atom is -0.497 e. The zero-order valence-electron chi connectivity index (χ0n) is 13.0. The minimum absolute atomic E-state index is 0.168. The first-order valence-corrected chi connectivity index (χ1v) is 7.00. The zero-order valence-corrected chi connectivity index (χ0v) is 13.0. The molecule has 0 aromatic heterocycles.